The molecule has 158 valence electrons. The zero-order valence-electron chi connectivity index (χ0n) is 16.6. The molecule has 2 aliphatic heterocycles. The molecule has 0 atom stereocenters. The SMILES string of the molecule is Cc1nc2ccc(S(=O)(=O)N3CCOCC3)cc2c2c1C(=O)N(c1cccnc1)C2=O. The number of nitrogens with zero attached hydrogens (tertiary/aromatic N) is 4. The number of aryl methyl sites for hydroxylation is 1. The highest BCUT2D eigenvalue weighted by molar-refractivity contribution is 7.89. The molecule has 0 bridgehead atoms. The minimum Gasteiger partial charge on any atom is -0.379 e. The van der Waals surface area contributed by atoms with E-state index in [2.05, 4.69) is 9.97 Å². The number of rotatable bonds is 3. The molecule has 1 saturated heterocycles. The molecule has 0 unspecified atom stereocenters. The van der Waals surface area contributed by atoms with Crippen LogP contribution in [0.2, 0.25) is 0 Å². The van der Waals surface area contributed by atoms with Crippen molar-refractivity contribution in [1.29, 1.82) is 0 Å². The summed E-state index contributed by atoms with van der Waals surface area (Å²) in [7, 11) is -3.77. The number of hydrogen-bond acceptors (Lipinski definition) is 7. The van der Waals surface area contributed by atoms with E-state index in [-0.39, 0.29) is 29.1 Å². The molecular weight excluding hydrogens is 420 g/mol. The second kappa shape index (κ2) is 7.19. The summed E-state index contributed by atoms with van der Waals surface area (Å²) in [4.78, 5) is 35.9. The number of ether oxygens (including phenoxy) is 1. The van der Waals surface area contributed by atoms with E-state index < -0.39 is 21.8 Å². The number of pyridine rings is 2. The van der Waals surface area contributed by atoms with E-state index in [9.17, 15) is 18.0 Å². The smallest absolute Gasteiger partial charge is 0.268 e. The number of aromatic nitrogens is 2. The molecule has 1 aromatic carbocycles. The Morgan fingerprint density at radius 3 is 2.48 bits per heavy atom. The van der Waals surface area contributed by atoms with Gasteiger partial charge in [-0.2, -0.15) is 4.31 Å². The van der Waals surface area contributed by atoms with Gasteiger partial charge in [0.05, 0.1) is 52.3 Å². The minimum atomic E-state index is -3.77. The van der Waals surface area contributed by atoms with Crippen molar-refractivity contribution in [3.8, 4) is 0 Å². The van der Waals surface area contributed by atoms with Crippen molar-refractivity contribution < 1.29 is 22.7 Å². The Hall–Kier alpha value is -3.21. The molecule has 1 fully saturated rings. The van der Waals surface area contributed by atoms with Gasteiger partial charge in [-0.15, -0.1) is 0 Å². The highest BCUT2D eigenvalue weighted by atomic mass is 32.2. The maximum Gasteiger partial charge on any atom is 0.268 e. The fourth-order valence-electron chi connectivity index (χ4n) is 3.98. The first-order valence-electron chi connectivity index (χ1n) is 9.70. The lowest BCUT2D eigenvalue weighted by atomic mass is 10.0. The van der Waals surface area contributed by atoms with E-state index in [1.54, 1.807) is 31.3 Å². The van der Waals surface area contributed by atoms with Gasteiger partial charge < -0.3 is 4.74 Å². The van der Waals surface area contributed by atoms with Crippen LogP contribution >= 0.6 is 0 Å². The molecule has 10 heteroatoms. The number of hydrogen-bond donors (Lipinski definition) is 0. The summed E-state index contributed by atoms with van der Waals surface area (Å²) in [6.07, 6.45) is 2.98. The van der Waals surface area contributed by atoms with Gasteiger partial charge in [0.25, 0.3) is 11.8 Å². The largest absolute Gasteiger partial charge is 0.379 e. The van der Waals surface area contributed by atoms with Crippen LogP contribution < -0.4 is 4.90 Å². The Morgan fingerprint density at radius 1 is 1.03 bits per heavy atom. The van der Waals surface area contributed by atoms with Crippen molar-refractivity contribution in [1.82, 2.24) is 14.3 Å². The van der Waals surface area contributed by atoms with Crippen molar-refractivity contribution in [2.24, 2.45) is 0 Å². The molecule has 9 nitrogen and oxygen atoms in total. The Labute approximate surface area is 178 Å². The number of fused-ring (bicyclic) bond motifs is 3. The fraction of sp³-hybridized carbons (Fsp3) is 0.238. The maximum atomic E-state index is 13.3. The normalized spacial score (nSPS) is 17.4. The molecule has 0 radical (unpaired) electrons. The molecule has 2 amide bonds. The quantitative estimate of drug-likeness (QED) is 0.573. The van der Waals surface area contributed by atoms with E-state index in [0.29, 0.717) is 35.5 Å². The monoisotopic (exact) mass is 438 g/mol. The first-order chi connectivity index (χ1) is 14.9. The number of carbonyl (C=O) groups is 2. The Morgan fingerprint density at radius 2 is 1.77 bits per heavy atom. The van der Waals surface area contributed by atoms with Crippen LogP contribution in [0.1, 0.15) is 26.4 Å². The van der Waals surface area contributed by atoms with Crippen LogP contribution in [0.5, 0.6) is 0 Å². The lowest BCUT2D eigenvalue weighted by molar-refractivity contribution is 0.0730. The van der Waals surface area contributed by atoms with E-state index in [0.717, 1.165) is 4.90 Å². The number of anilines is 1. The Balaban J connectivity index is 1.68. The lowest BCUT2D eigenvalue weighted by Gasteiger charge is -2.26. The van der Waals surface area contributed by atoms with Crippen LogP contribution in [0.25, 0.3) is 10.9 Å². The number of sulfonamides is 1. The second-order valence-electron chi connectivity index (χ2n) is 7.30. The summed E-state index contributed by atoms with van der Waals surface area (Å²) < 4.78 is 32.8. The molecule has 0 aliphatic carbocycles. The molecule has 5 rings (SSSR count). The van der Waals surface area contributed by atoms with Gasteiger partial charge in [-0.25, -0.2) is 13.3 Å². The Bertz CT molecular complexity index is 1330. The fourth-order valence-corrected chi connectivity index (χ4v) is 5.42. The van der Waals surface area contributed by atoms with E-state index in [1.807, 2.05) is 0 Å². The summed E-state index contributed by atoms with van der Waals surface area (Å²) in [6, 6.07) is 7.74. The van der Waals surface area contributed by atoms with Gasteiger partial charge in [0, 0.05) is 24.7 Å². The summed E-state index contributed by atoms with van der Waals surface area (Å²) in [6.45, 7) is 2.84. The number of carbonyl (C=O) groups excluding carboxylic acids is 2. The van der Waals surface area contributed by atoms with Gasteiger partial charge in [-0.3, -0.25) is 19.6 Å². The Kier molecular flexibility index (Phi) is 4.58. The highest BCUT2D eigenvalue weighted by Crippen LogP contribution is 2.35. The zero-order chi connectivity index (χ0) is 21.8. The molecule has 0 saturated carbocycles. The number of morpholine rings is 1. The third kappa shape index (κ3) is 3.02. The second-order valence-corrected chi connectivity index (χ2v) is 9.24. The van der Waals surface area contributed by atoms with Crippen LogP contribution in [0, 0.1) is 6.92 Å². The first kappa shape index (κ1) is 19.7. The van der Waals surface area contributed by atoms with Crippen molar-refractivity contribution in [2.75, 3.05) is 31.2 Å². The number of imide groups is 1. The third-order valence-corrected chi connectivity index (χ3v) is 7.38. The summed E-state index contributed by atoms with van der Waals surface area (Å²) in [5, 5.41) is 0.333. The van der Waals surface area contributed by atoms with Gasteiger partial charge >= 0.3 is 0 Å². The van der Waals surface area contributed by atoms with Gasteiger partial charge in [0.15, 0.2) is 0 Å². The molecule has 0 spiro atoms. The third-order valence-electron chi connectivity index (χ3n) is 5.48. The van der Waals surface area contributed by atoms with Crippen molar-refractivity contribution in [3.63, 3.8) is 0 Å². The van der Waals surface area contributed by atoms with Crippen LogP contribution in [0.3, 0.4) is 0 Å². The summed E-state index contributed by atoms with van der Waals surface area (Å²) in [5.41, 5.74) is 1.55. The van der Waals surface area contributed by atoms with Crippen molar-refractivity contribution in [2.45, 2.75) is 11.8 Å². The van der Waals surface area contributed by atoms with Gasteiger partial charge in [0.1, 0.15) is 0 Å². The average Bonchev–Trinajstić information content (AvgIpc) is 3.06. The van der Waals surface area contributed by atoms with Gasteiger partial charge in [-0.1, -0.05) is 0 Å². The summed E-state index contributed by atoms with van der Waals surface area (Å²) in [5.74, 6) is -1.02. The molecule has 0 N–H and O–H groups in total. The van der Waals surface area contributed by atoms with E-state index in [1.165, 1.54) is 22.6 Å². The minimum absolute atomic E-state index is 0.0508. The average molecular weight is 438 g/mol. The van der Waals surface area contributed by atoms with Crippen LogP contribution in [0.15, 0.2) is 47.6 Å². The van der Waals surface area contributed by atoms with Crippen LogP contribution in [-0.2, 0) is 14.8 Å². The maximum absolute atomic E-state index is 13.3. The molecule has 2 aromatic heterocycles. The molecule has 3 aromatic rings. The van der Waals surface area contributed by atoms with Gasteiger partial charge in [-0.05, 0) is 37.3 Å². The van der Waals surface area contributed by atoms with Crippen LogP contribution in [-0.4, -0.2) is 60.8 Å². The van der Waals surface area contributed by atoms with Crippen molar-refractivity contribution in [3.05, 3.63) is 59.5 Å². The molecule has 4 heterocycles. The predicted molar refractivity (Wildman–Crippen MR) is 111 cm³/mol. The molecule has 2 aliphatic rings. The zero-order valence-corrected chi connectivity index (χ0v) is 17.4. The molecular formula is C21H18N4O5S. The number of benzene rings is 1. The topological polar surface area (TPSA) is 110 Å². The standard InChI is InChI=1S/C21H18N4O5S/c1-13-18-19(21(27)25(20(18)26)14-3-2-6-22-12-14)16-11-15(4-5-17(16)23-13)31(28,29)24-7-9-30-10-8-24/h2-6,11-12H,7-10H2,1H3. The summed E-state index contributed by atoms with van der Waals surface area (Å²) >= 11 is 0. The van der Waals surface area contributed by atoms with Gasteiger partial charge in [0.2, 0.25) is 10.0 Å². The molecule has 31 heavy (non-hydrogen) atoms. The van der Waals surface area contributed by atoms with Crippen LogP contribution in [0.4, 0.5) is 5.69 Å². The van der Waals surface area contributed by atoms with E-state index in [4.69, 9.17) is 4.74 Å². The first-order valence-corrected chi connectivity index (χ1v) is 11.1. The predicted octanol–water partition coefficient (Wildman–Crippen LogP) is 1.76. The number of amides is 2. The van der Waals surface area contributed by atoms with Crippen molar-refractivity contribution >= 4 is 38.4 Å². The lowest BCUT2D eigenvalue weighted by Crippen LogP contribution is -2.40. The van der Waals surface area contributed by atoms with E-state index >= 15 is 0 Å². The highest BCUT2D eigenvalue weighted by Gasteiger charge is 2.40.